The van der Waals surface area contributed by atoms with Crippen molar-refractivity contribution in [1.29, 1.82) is 0 Å². The standard InChI is InChI=1S/C15H20N2O2/c1-10-5-13(18)7-14(16-10)15(19)17-8-11-3-2-4-12(6-11)9-17/h5,7,11-12H,2-4,6,8-9H2,1H3,(H,16,18). The Kier molecular flexibility index (Phi) is 3.17. The molecular formula is C15H20N2O2. The molecular weight excluding hydrogens is 240 g/mol. The van der Waals surface area contributed by atoms with Gasteiger partial charge in [0.2, 0.25) is 0 Å². The Morgan fingerprint density at radius 3 is 2.58 bits per heavy atom. The number of aryl methyl sites for hydroxylation is 1. The minimum absolute atomic E-state index is 0.0163. The summed E-state index contributed by atoms with van der Waals surface area (Å²) in [5, 5.41) is 0. The van der Waals surface area contributed by atoms with Crippen LogP contribution in [0.4, 0.5) is 0 Å². The second-order valence-corrected chi connectivity index (χ2v) is 6.02. The fourth-order valence-electron chi connectivity index (χ4n) is 3.57. The molecule has 1 amide bonds. The number of nitrogens with zero attached hydrogens (tertiary/aromatic N) is 1. The summed E-state index contributed by atoms with van der Waals surface area (Å²) in [5.41, 5.74) is 1.08. The largest absolute Gasteiger partial charge is 0.354 e. The Bertz CT molecular complexity index is 537. The number of piperidine rings is 1. The molecule has 1 aromatic rings. The maximum atomic E-state index is 12.5. The Balaban J connectivity index is 1.81. The summed E-state index contributed by atoms with van der Waals surface area (Å²) in [6.45, 7) is 3.51. The maximum Gasteiger partial charge on any atom is 0.270 e. The minimum Gasteiger partial charge on any atom is -0.354 e. The normalized spacial score (nSPS) is 26.3. The highest BCUT2D eigenvalue weighted by atomic mass is 16.2. The number of aromatic nitrogens is 1. The van der Waals surface area contributed by atoms with Crippen LogP contribution in [0, 0.1) is 18.8 Å². The summed E-state index contributed by atoms with van der Waals surface area (Å²) < 4.78 is 0. The molecule has 3 rings (SSSR count). The van der Waals surface area contributed by atoms with Gasteiger partial charge < -0.3 is 9.88 Å². The van der Waals surface area contributed by atoms with Gasteiger partial charge in [0.15, 0.2) is 5.43 Å². The zero-order valence-electron chi connectivity index (χ0n) is 11.3. The van der Waals surface area contributed by atoms with E-state index in [1.54, 1.807) is 0 Å². The lowest BCUT2D eigenvalue weighted by molar-refractivity contribution is 0.0498. The molecule has 1 aliphatic carbocycles. The predicted octanol–water partition coefficient (Wildman–Crippen LogP) is 1.95. The summed E-state index contributed by atoms with van der Waals surface area (Å²) in [6.07, 6.45) is 5.06. The fraction of sp³-hybridized carbons (Fsp3) is 0.600. The average Bonchev–Trinajstić information content (AvgIpc) is 2.36. The summed E-state index contributed by atoms with van der Waals surface area (Å²) >= 11 is 0. The number of rotatable bonds is 1. The molecule has 0 spiro atoms. The van der Waals surface area contributed by atoms with Gasteiger partial charge in [0.25, 0.3) is 5.91 Å². The molecule has 4 heteroatoms. The van der Waals surface area contributed by atoms with E-state index in [9.17, 15) is 9.59 Å². The number of carbonyl (C=O) groups is 1. The number of carbonyl (C=O) groups excluding carboxylic acids is 1. The zero-order valence-corrected chi connectivity index (χ0v) is 11.3. The monoisotopic (exact) mass is 260 g/mol. The van der Waals surface area contributed by atoms with Crippen LogP contribution in [0.5, 0.6) is 0 Å². The van der Waals surface area contributed by atoms with Gasteiger partial charge in [0, 0.05) is 30.9 Å². The SMILES string of the molecule is Cc1cc(=O)cc(C(=O)N2CC3CCCC(C3)C2)[nH]1. The van der Waals surface area contributed by atoms with Gasteiger partial charge in [0.1, 0.15) is 5.69 Å². The van der Waals surface area contributed by atoms with Gasteiger partial charge in [-0.05, 0) is 38.0 Å². The smallest absolute Gasteiger partial charge is 0.270 e. The number of hydrogen-bond acceptors (Lipinski definition) is 2. The van der Waals surface area contributed by atoms with E-state index < -0.39 is 0 Å². The number of hydrogen-bond donors (Lipinski definition) is 1. The van der Waals surface area contributed by atoms with Crippen molar-refractivity contribution in [1.82, 2.24) is 9.88 Å². The van der Waals surface area contributed by atoms with E-state index in [1.165, 1.54) is 37.8 Å². The molecule has 1 aliphatic heterocycles. The topological polar surface area (TPSA) is 53.2 Å². The maximum absolute atomic E-state index is 12.5. The van der Waals surface area contributed by atoms with Crippen molar-refractivity contribution in [2.75, 3.05) is 13.1 Å². The number of pyridine rings is 1. The summed E-state index contributed by atoms with van der Waals surface area (Å²) in [6, 6.07) is 2.93. The van der Waals surface area contributed by atoms with Crippen LogP contribution < -0.4 is 5.43 Å². The van der Waals surface area contributed by atoms with Gasteiger partial charge in [-0.1, -0.05) is 6.42 Å². The minimum atomic E-state index is -0.100. The highest BCUT2D eigenvalue weighted by Crippen LogP contribution is 2.34. The van der Waals surface area contributed by atoms with Gasteiger partial charge in [0.05, 0.1) is 0 Å². The molecule has 1 saturated heterocycles. The molecule has 2 fully saturated rings. The molecule has 2 unspecified atom stereocenters. The van der Waals surface area contributed by atoms with E-state index in [0.717, 1.165) is 18.8 Å². The molecule has 1 aromatic heterocycles. The van der Waals surface area contributed by atoms with Crippen molar-refractivity contribution < 1.29 is 4.79 Å². The van der Waals surface area contributed by atoms with Crippen molar-refractivity contribution in [3.63, 3.8) is 0 Å². The number of H-pyrrole nitrogens is 1. The number of fused-ring (bicyclic) bond motifs is 2. The van der Waals surface area contributed by atoms with Crippen LogP contribution in [-0.2, 0) is 0 Å². The van der Waals surface area contributed by atoms with Gasteiger partial charge in [-0.2, -0.15) is 0 Å². The molecule has 19 heavy (non-hydrogen) atoms. The summed E-state index contributed by atoms with van der Waals surface area (Å²) in [7, 11) is 0. The lowest BCUT2D eigenvalue weighted by Gasteiger charge is -2.41. The Hall–Kier alpha value is -1.58. The third kappa shape index (κ3) is 2.57. The number of aromatic amines is 1. The highest BCUT2D eigenvalue weighted by Gasteiger charge is 2.33. The summed E-state index contributed by atoms with van der Waals surface area (Å²) in [5.74, 6) is 1.30. The van der Waals surface area contributed by atoms with Crippen molar-refractivity contribution in [2.24, 2.45) is 11.8 Å². The van der Waals surface area contributed by atoms with Crippen molar-refractivity contribution in [3.8, 4) is 0 Å². The Labute approximate surface area is 112 Å². The molecule has 2 heterocycles. The lowest BCUT2D eigenvalue weighted by atomic mass is 9.78. The Morgan fingerprint density at radius 2 is 1.95 bits per heavy atom. The van der Waals surface area contributed by atoms with Gasteiger partial charge in [-0.25, -0.2) is 0 Å². The second kappa shape index (κ2) is 4.83. The number of likely N-dealkylation sites (tertiary alicyclic amines) is 1. The molecule has 1 N–H and O–H groups in total. The predicted molar refractivity (Wildman–Crippen MR) is 73.2 cm³/mol. The first-order valence-corrected chi connectivity index (χ1v) is 7.12. The van der Waals surface area contributed by atoms with E-state index in [0.29, 0.717) is 17.5 Å². The lowest BCUT2D eigenvalue weighted by Crippen LogP contribution is -2.46. The van der Waals surface area contributed by atoms with Crippen molar-refractivity contribution >= 4 is 5.91 Å². The van der Waals surface area contributed by atoms with Crippen LogP contribution in [0.25, 0.3) is 0 Å². The van der Waals surface area contributed by atoms with Crippen molar-refractivity contribution in [2.45, 2.75) is 32.6 Å². The first-order valence-electron chi connectivity index (χ1n) is 7.12. The molecule has 0 aromatic carbocycles. The van der Waals surface area contributed by atoms with E-state index in [1.807, 2.05) is 11.8 Å². The molecule has 102 valence electrons. The number of amides is 1. The Morgan fingerprint density at radius 1 is 1.26 bits per heavy atom. The van der Waals surface area contributed by atoms with Gasteiger partial charge in [-0.3, -0.25) is 9.59 Å². The molecule has 2 aliphatic rings. The summed E-state index contributed by atoms with van der Waals surface area (Å²) in [4.78, 5) is 28.9. The second-order valence-electron chi connectivity index (χ2n) is 6.02. The van der Waals surface area contributed by atoms with Crippen molar-refractivity contribution in [3.05, 3.63) is 33.7 Å². The molecule has 1 saturated carbocycles. The quantitative estimate of drug-likeness (QED) is 0.839. The van der Waals surface area contributed by atoms with Crippen LogP contribution in [0.15, 0.2) is 16.9 Å². The van der Waals surface area contributed by atoms with Crippen LogP contribution in [0.2, 0.25) is 0 Å². The van der Waals surface area contributed by atoms with Crippen LogP contribution in [0.3, 0.4) is 0 Å². The zero-order chi connectivity index (χ0) is 13.4. The molecule has 2 bridgehead atoms. The van der Waals surface area contributed by atoms with E-state index in [4.69, 9.17) is 0 Å². The van der Waals surface area contributed by atoms with Crippen LogP contribution >= 0.6 is 0 Å². The third-order valence-electron chi connectivity index (χ3n) is 4.34. The molecule has 0 radical (unpaired) electrons. The van der Waals surface area contributed by atoms with E-state index >= 15 is 0 Å². The van der Waals surface area contributed by atoms with E-state index in [-0.39, 0.29) is 11.3 Å². The first-order chi connectivity index (χ1) is 9.11. The molecule has 2 atom stereocenters. The number of nitrogens with one attached hydrogen (secondary N) is 1. The fourth-order valence-corrected chi connectivity index (χ4v) is 3.57. The molecule has 4 nitrogen and oxygen atoms in total. The van der Waals surface area contributed by atoms with Gasteiger partial charge in [-0.15, -0.1) is 0 Å². The first kappa shape index (κ1) is 12.5. The average molecular weight is 260 g/mol. The highest BCUT2D eigenvalue weighted by molar-refractivity contribution is 5.92. The van der Waals surface area contributed by atoms with E-state index in [2.05, 4.69) is 4.98 Å². The third-order valence-corrected chi connectivity index (χ3v) is 4.34. The van der Waals surface area contributed by atoms with Crippen LogP contribution in [0.1, 0.15) is 41.9 Å². The van der Waals surface area contributed by atoms with Crippen LogP contribution in [-0.4, -0.2) is 28.9 Å². The van der Waals surface area contributed by atoms with Gasteiger partial charge >= 0.3 is 0 Å².